The van der Waals surface area contributed by atoms with Gasteiger partial charge in [0.1, 0.15) is 5.75 Å². The molecule has 0 aliphatic heterocycles. The smallest absolute Gasteiger partial charge is 0.387 e. The summed E-state index contributed by atoms with van der Waals surface area (Å²) in [6.07, 6.45) is 8.73. The molecular formula is C31H40O7. The van der Waals surface area contributed by atoms with Crippen LogP contribution in [0.5, 0.6) is 5.75 Å². The topological polar surface area (TPSA) is 96.0 Å². The first kappa shape index (κ1) is 30.7. The third-order valence-electron chi connectivity index (χ3n) is 6.12. The molecular weight excluding hydrogens is 484 g/mol. The summed E-state index contributed by atoms with van der Waals surface area (Å²) in [4.78, 5) is 61.2. The summed E-state index contributed by atoms with van der Waals surface area (Å²) in [6.45, 7) is 6.40. The average Bonchev–Trinajstić information content (AvgIpc) is 2.93. The van der Waals surface area contributed by atoms with Crippen LogP contribution < -0.4 is 4.74 Å². The molecule has 0 fully saturated rings. The molecule has 2 aromatic carbocycles. The van der Waals surface area contributed by atoms with E-state index in [-0.39, 0.29) is 46.0 Å². The van der Waals surface area contributed by atoms with Gasteiger partial charge in [0.05, 0.1) is 23.3 Å². The van der Waals surface area contributed by atoms with Gasteiger partial charge in [0.2, 0.25) is 0 Å². The molecule has 206 valence electrons. The van der Waals surface area contributed by atoms with E-state index in [1.165, 1.54) is 18.2 Å². The third-order valence-corrected chi connectivity index (χ3v) is 6.12. The Morgan fingerprint density at radius 2 is 1.29 bits per heavy atom. The van der Waals surface area contributed by atoms with Crippen LogP contribution in [-0.2, 0) is 9.78 Å². The molecule has 0 aliphatic rings. The van der Waals surface area contributed by atoms with E-state index in [1.807, 2.05) is 6.92 Å². The molecule has 0 unspecified atom stereocenters. The van der Waals surface area contributed by atoms with Crippen LogP contribution in [0.2, 0.25) is 0 Å². The molecule has 0 saturated carbocycles. The Kier molecular flexibility index (Phi) is 13.8. The van der Waals surface area contributed by atoms with E-state index in [1.54, 1.807) is 24.3 Å². The maximum absolute atomic E-state index is 13.1. The van der Waals surface area contributed by atoms with Crippen LogP contribution in [0.4, 0.5) is 0 Å². The number of unbranched alkanes of at least 4 members (excludes halogenated alkanes) is 6. The van der Waals surface area contributed by atoms with Crippen molar-refractivity contribution in [3.05, 3.63) is 64.7 Å². The largest absolute Gasteiger partial charge is 0.493 e. The second kappa shape index (κ2) is 17.1. The minimum absolute atomic E-state index is 0.0450. The van der Waals surface area contributed by atoms with Crippen molar-refractivity contribution in [2.24, 2.45) is 0 Å². The first-order valence-electron chi connectivity index (χ1n) is 13.8. The Morgan fingerprint density at radius 1 is 0.632 bits per heavy atom. The summed E-state index contributed by atoms with van der Waals surface area (Å²) >= 11 is 0. The lowest BCUT2D eigenvalue weighted by atomic mass is 9.94. The van der Waals surface area contributed by atoms with E-state index < -0.39 is 11.9 Å². The third kappa shape index (κ3) is 9.77. The van der Waals surface area contributed by atoms with Crippen molar-refractivity contribution in [3.63, 3.8) is 0 Å². The summed E-state index contributed by atoms with van der Waals surface area (Å²) in [5.74, 6) is -2.17. The molecule has 7 heteroatoms. The van der Waals surface area contributed by atoms with Gasteiger partial charge in [-0.2, -0.15) is 0 Å². The number of hydrogen-bond donors (Lipinski definition) is 0. The Balaban J connectivity index is 2.36. The highest BCUT2D eigenvalue weighted by Gasteiger charge is 2.27. The van der Waals surface area contributed by atoms with E-state index >= 15 is 0 Å². The van der Waals surface area contributed by atoms with Crippen molar-refractivity contribution in [2.45, 2.75) is 91.4 Å². The van der Waals surface area contributed by atoms with Crippen molar-refractivity contribution in [1.82, 2.24) is 0 Å². The van der Waals surface area contributed by atoms with Crippen LogP contribution in [0.15, 0.2) is 42.5 Å². The van der Waals surface area contributed by atoms with Gasteiger partial charge in [-0.1, -0.05) is 77.5 Å². The summed E-state index contributed by atoms with van der Waals surface area (Å²) in [5, 5.41) is 0. The zero-order chi connectivity index (χ0) is 27.8. The van der Waals surface area contributed by atoms with Gasteiger partial charge in [-0.3, -0.25) is 9.59 Å². The Labute approximate surface area is 225 Å². The van der Waals surface area contributed by atoms with E-state index in [4.69, 9.17) is 14.5 Å². The maximum Gasteiger partial charge on any atom is 0.387 e. The fourth-order valence-electron chi connectivity index (χ4n) is 4.00. The van der Waals surface area contributed by atoms with Gasteiger partial charge in [0, 0.05) is 18.4 Å². The average molecular weight is 525 g/mol. The lowest BCUT2D eigenvalue weighted by molar-refractivity contribution is -0.187. The Hall–Kier alpha value is -3.48. The Morgan fingerprint density at radius 3 is 1.97 bits per heavy atom. The lowest BCUT2D eigenvalue weighted by Gasteiger charge is -2.16. The molecule has 0 spiro atoms. The first-order valence-corrected chi connectivity index (χ1v) is 13.8. The maximum atomic E-state index is 13.1. The van der Waals surface area contributed by atoms with Gasteiger partial charge < -0.3 is 4.74 Å². The van der Waals surface area contributed by atoms with Gasteiger partial charge in [-0.15, -0.1) is 0 Å². The zero-order valence-corrected chi connectivity index (χ0v) is 22.9. The van der Waals surface area contributed by atoms with E-state index in [2.05, 4.69) is 13.8 Å². The zero-order valence-electron chi connectivity index (χ0n) is 22.9. The van der Waals surface area contributed by atoms with Gasteiger partial charge in [-0.25, -0.2) is 19.4 Å². The second-order valence-electron chi connectivity index (χ2n) is 9.32. The van der Waals surface area contributed by atoms with Crippen molar-refractivity contribution in [2.75, 3.05) is 6.61 Å². The summed E-state index contributed by atoms with van der Waals surface area (Å²) in [5.41, 5.74) is 0.366. The minimum Gasteiger partial charge on any atom is -0.493 e. The number of carbonyl (C=O) groups is 4. The van der Waals surface area contributed by atoms with Crippen molar-refractivity contribution < 1.29 is 33.7 Å². The molecule has 0 radical (unpaired) electrons. The van der Waals surface area contributed by atoms with Crippen molar-refractivity contribution in [1.29, 1.82) is 0 Å². The van der Waals surface area contributed by atoms with Crippen LogP contribution in [0.3, 0.4) is 0 Å². The number of Topliss-reactive ketones (excluding diaryl/α,β-unsaturated/α-hetero) is 2. The van der Waals surface area contributed by atoms with Crippen LogP contribution in [0, 0.1) is 0 Å². The molecule has 2 aromatic rings. The van der Waals surface area contributed by atoms with Crippen LogP contribution in [-0.4, -0.2) is 30.1 Å². The lowest BCUT2D eigenvalue weighted by Crippen LogP contribution is -2.18. The molecule has 0 aliphatic carbocycles. The molecule has 7 nitrogen and oxygen atoms in total. The number of hydrogen-bond acceptors (Lipinski definition) is 7. The predicted molar refractivity (Wildman–Crippen MR) is 146 cm³/mol. The summed E-state index contributed by atoms with van der Waals surface area (Å²) < 4.78 is 5.95. The second-order valence-corrected chi connectivity index (χ2v) is 9.32. The number of benzene rings is 2. The quantitative estimate of drug-likeness (QED) is 0.0905. The molecule has 0 bridgehead atoms. The highest BCUT2D eigenvalue weighted by molar-refractivity contribution is 6.10. The molecule has 38 heavy (non-hydrogen) atoms. The number of carbonyl (C=O) groups excluding carboxylic acids is 4. The minimum atomic E-state index is -1.04. The van der Waals surface area contributed by atoms with E-state index in [0.29, 0.717) is 19.4 Å². The number of ether oxygens (including phenoxy) is 1. The monoisotopic (exact) mass is 524 g/mol. The molecule has 0 N–H and O–H groups in total. The summed E-state index contributed by atoms with van der Waals surface area (Å²) in [7, 11) is 0. The van der Waals surface area contributed by atoms with E-state index in [9.17, 15) is 19.2 Å². The number of rotatable bonds is 17. The van der Waals surface area contributed by atoms with Crippen LogP contribution in [0.25, 0.3) is 0 Å². The standard InChI is InChI=1S/C31H40O7/c1-4-7-9-10-14-19-26(32)24-21-25(31(35)38-37-30(34)23-17-12-11-13-18-23)29(27(33)16-6-3)28(22-24)36-20-15-8-5-2/h11-13,17-18,21-22H,4-10,14-16,19-20H2,1-3H3. The van der Waals surface area contributed by atoms with Gasteiger partial charge in [0.15, 0.2) is 11.6 Å². The number of ketones is 2. The predicted octanol–water partition coefficient (Wildman–Crippen LogP) is 7.71. The van der Waals surface area contributed by atoms with Gasteiger partial charge >= 0.3 is 11.9 Å². The molecule has 0 saturated heterocycles. The highest BCUT2D eigenvalue weighted by atomic mass is 17.2. The van der Waals surface area contributed by atoms with E-state index in [0.717, 1.165) is 51.4 Å². The van der Waals surface area contributed by atoms with Gasteiger partial charge in [-0.05, 0) is 43.5 Å². The first-order chi connectivity index (χ1) is 18.4. The molecule has 0 amide bonds. The van der Waals surface area contributed by atoms with Crippen molar-refractivity contribution >= 4 is 23.5 Å². The molecule has 0 heterocycles. The molecule has 2 rings (SSSR count). The van der Waals surface area contributed by atoms with Crippen molar-refractivity contribution in [3.8, 4) is 5.75 Å². The molecule has 0 aromatic heterocycles. The normalized spacial score (nSPS) is 10.6. The Bertz CT molecular complexity index is 1060. The SMILES string of the molecule is CCCCCCCC(=O)c1cc(OCCCCC)c(C(=O)CCC)c(C(=O)OOC(=O)c2ccccc2)c1. The summed E-state index contributed by atoms with van der Waals surface area (Å²) in [6, 6.07) is 11.0. The van der Waals surface area contributed by atoms with Crippen LogP contribution >= 0.6 is 0 Å². The fourth-order valence-corrected chi connectivity index (χ4v) is 4.00. The van der Waals surface area contributed by atoms with Crippen LogP contribution in [0.1, 0.15) is 133 Å². The highest BCUT2D eigenvalue weighted by Crippen LogP contribution is 2.29. The fraction of sp³-hybridized carbons (Fsp3) is 0.484. The molecule has 0 atom stereocenters. The van der Waals surface area contributed by atoms with Gasteiger partial charge in [0.25, 0.3) is 0 Å².